The molecule has 0 bridgehead atoms. The predicted molar refractivity (Wildman–Crippen MR) is 67.6 cm³/mol. The summed E-state index contributed by atoms with van der Waals surface area (Å²) in [5, 5.41) is 0. The molecule has 2 nitrogen and oxygen atoms in total. The molecule has 0 unspecified atom stereocenters. The van der Waals surface area contributed by atoms with Crippen molar-refractivity contribution >= 4 is 0 Å². The van der Waals surface area contributed by atoms with Crippen LogP contribution >= 0.6 is 0 Å². The van der Waals surface area contributed by atoms with Crippen LogP contribution in [-0.2, 0) is 0 Å². The first-order valence-corrected chi connectivity index (χ1v) is 6.73. The van der Waals surface area contributed by atoms with Crippen molar-refractivity contribution in [1.82, 2.24) is 9.80 Å². The van der Waals surface area contributed by atoms with Crippen LogP contribution in [0.3, 0.4) is 0 Å². The fraction of sp³-hybridized carbons (Fsp3) is 1.00. The van der Waals surface area contributed by atoms with Gasteiger partial charge in [-0.15, -0.1) is 0 Å². The van der Waals surface area contributed by atoms with Gasteiger partial charge in [0.15, 0.2) is 0 Å². The molecule has 2 fully saturated rings. The summed E-state index contributed by atoms with van der Waals surface area (Å²) in [6.07, 6.45) is 2.63. The zero-order valence-corrected chi connectivity index (χ0v) is 11.3. The van der Waals surface area contributed by atoms with Crippen molar-refractivity contribution in [3.05, 3.63) is 0 Å². The zero-order chi connectivity index (χ0) is 12.2. The van der Waals surface area contributed by atoms with Crippen molar-refractivity contribution in [2.24, 2.45) is 0 Å². The van der Waals surface area contributed by atoms with Crippen LogP contribution in [0.2, 0.25) is 0 Å². The van der Waals surface area contributed by atoms with Crippen LogP contribution in [0, 0.1) is 0 Å². The van der Waals surface area contributed by atoms with Crippen LogP contribution in [0.1, 0.15) is 40.5 Å². The number of hydrogen-bond acceptors (Lipinski definition) is 2. The smallest absolute Gasteiger partial charge is 0.102 e. The Balaban J connectivity index is 0.000000606. The maximum absolute atomic E-state index is 12.3. The molecule has 3 heteroatoms. The first-order chi connectivity index (χ1) is 7.68. The van der Waals surface area contributed by atoms with Crippen molar-refractivity contribution in [1.29, 1.82) is 0 Å². The van der Waals surface area contributed by atoms with Gasteiger partial charge in [0.2, 0.25) is 0 Å². The van der Waals surface area contributed by atoms with Crippen molar-refractivity contribution in [3.8, 4) is 0 Å². The van der Waals surface area contributed by atoms with Gasteiger partial charge in [0, 0.05) is 37.8 Å². The molecular weight excluding hydrogens is 203 g/mol. The first-order valence-electron chi connectivity index (χ1n) is 6.73. The van der Waals surface area contributed by atoms with Crippen LogP contribution in [0.25, 0.3) is 0 Å². The first kappa shape index (κ1) is 13.9. The maximum atomic E-state index is 12.3. The summed E-state index contributed by atoms with van der Waals surface area (Å²) >= 11 is 0. The summed E-state index contributed by atoms with van der Waals surface area (Å²) in [7, 11) is 0. The molecule has 0 amide bonds. The number of piperazine rings is 1. The Hall–Kier alpha value is -0.150. The Labute approximate surface area is 99.8 Å². The van der Waals surface area contributed by atoms with E-state index in [9.17, 15) is 4.39 Å². The van der Waals surface area contributed by atoms with Gasteiger partial charge in [0.25, 0.3) is 0 Å². The fourth-order valence-corrected chi connectivity index (χ4v) is 2.78. The maximum Gasteiger partial charge on any atom is 0.102 e. The summed E-state index contributed by atoms with van der Waals surface area (Å²) < 4.78 is 12.3. The second-order valence-electron chi connectivity index (χ2n) is 4.98. The third kappa shape index (κ3) is 2.95. The van der Waals surface area contributed by atoms with E-state index < -0.39 is 0 Å². The van der Waals surface area contributed by atoms with Crippen LogP contribution in [0.4, 0.5) is 4.39 Å². The monoisotopic (exact) mass is 230 g/mol. The average molecular weight is 230 g/mol. The zero-order valence-electron chi connectivity index (χ0n) is 11.3. The van der Waals surface area contributed by atoms with Gasteiger partial charge in [-0.3, -0.25) is 9.80 Å². The normalized spacial score (nSPS) is 24.4. The Morgan fingerprint density at radius 2 is 1.81 bits per heavy atom. The number of hydrogen-bond donors (Lipinski definition) is 0. The Kier molecular flexibility index (Phi) is 5.19. The van der Waals surface area contributed by atoms with Gasteiger partial charge in [-0.2, -0.15) is 0 Å². The molecule has 0 N–H and O–H groups in total. The van der Waals surface area contributed by atoms with E-state index in [1.54, 1.807) is 0 Å². The third-order valence-corrected chi connectivity index (χ3v) is 3.64. The number of alkyl halides is 1. The van der Waals surface area contributed by atoms with E-state index in [4.69, 9.17) is 0 Å². The average Bonchev–Trinajstić information content (AvgIpc) is 3.01. The second-order valence-corrected chi connectivity index (χ2v) is 4.98. The van der Waals surface area contributed by atoms with Crippen LogP contribution < -0.4 is 0 Å². The molecule has 0 atom stereocenters. The Bertz CT molecular complexity index is 202. The second kappa shape index (κ2) is 5.97. The Morgan fingerprint density at radius 1 is 1.19 bits per heavy atom. The molecule has 1 heterocycles. The molecule has 16 heavy (non-hydrogen) atoms. The molecule has 2 rings (SSSR count). The minimum Gasteiger partial charge on any atom is -0.298 e. The molecule has 1 spiro atoms. The molecule has 1 aliphatic heterocycles. The Morgan fingerprint density at radius 3 is 2.25 bits per heavy atom. The molecule has 1 aliphatic carbocycles. The van der Waals surface area contributed by atoms with Gasteiger partial charge in [-0.25, -0.2) is 4.39 Å². The van der Waals surface area contributed by atoms with E-state index in [1.807, 2.05) is 13.8 Å². The van der Waals surface area contributed by atoms with Gasteiger partial charge < -0.3 is 0 Å². The molecule has 1 saturated carbocycles. The SMILES string of the molecule is CC.CC(C)N1CCN(CCF)CC12CC2. The topological polar surface area (TPSA) is 6.48 Å². The lowest BCUT2D eigenvalue weighted by Crippen LogP contribution is -2.57. The predicted octanol–water partition coefficient (Wildman–Crippen LogP) is 2.54. The molecule has 1 saturated heterocycles. The quantitative estimate of drug-likeness (QED) is 0.735. The highest BCUT2D eigenvalue weighted by molar-refractivity contribution is 5.09. The number of nitrogens with zero attached hydrogens (tertiary/aromatic N) is 2. The molecule has 0 aromatic heterocycles. The molecular formula is C13H27FN2. The van der Waals surface area contributed by atoms with Gasteiger partial charge >= 0.3 is 0 Å². The highest BCUT2D eigenvalue weighted by atomic mass is 19.1. The van der Waals surface area contributed by atoms with E-state index >= 15 is 0 Å². The van der Waals surface area contributed by atoms with Crippen LogP contribution in [-0.4, -0.2) is 54.2 Å². The van der Waals surface area contributed by atoms with Gasteiger partial charge in [0.1, 0.15) is 6.67 Å². The van der Waals surface area contributed by atoms with E-state index in [-0.39, 0.29) is 6.67 Å². The van der Waals surface area contributed by atoms with E-state index in [0.717, 1.165) is 19.6 Å². The van der Waals surface area contributed by atoms with Crippen molar-refractivity contribution in [3.63, 3.8) is 0 Å². The van der Waals surface area contributed by atoms with Crippen LogP contribution in [0.15, 0.2) is 0 Å². The molecule has 96 valence electrons. The summed E-state index contributed by atoms with van der Waals surface area (Å²) in [6.45, 7) is 12.2. The number of halogens is 1. The van der Waals surface area contributed by atoms with Gasteiger partial charge in [0.05, 0.1) is 0 Å². The van der Waals surface area contributed by atoms with E-state index in [2.05, 4.69) is 23.6 Å². The van der Waals surface area contributed by atoms with E-state index in [1.165, 1.54) is 12.8 Å². The van der Waals surface area contributed by atoms with Crippen molar-refractivity contribution in [2.45, 2.75) is 52.1 Å². The van der Waals surface area contributed by atoms with Crippen LogP contribution in [0.5, 0.6) is 0 Å². The lowest BCUT2D eigenvalue weighted by molar-refractivity contribution is 0.0340. The molecule has 0 aromatic carbocycles. The lowest BCUT2D eigenvalue weighted by Gasteiger charge is -2.44. The van der Waals surface area contributed by atoms with Crippen molar-refractivity contribution < 1.29 is 4.39 Å². The largest absolute Gasteiger partial charge is 0.298 e. The van der Waals surface area contributed by atoms with Gasteiger partial charge in [-0.05, 0) is 26.7 Å². The highest BCUT2D eigenvalue weighted by Gasteiger charge is 2.51. The highest BCUT2D eigenvalue weighted by Crippen LogP contribution is 2.45. The van der Waals surface area contributed by atoms with E-state index in [0.29, 0.717) is 18.1 Å². The summed E-state index contributed by atoms with van der Waals surface area (Å²) in [6, 6.07) is 0.644. The number of rotatable bonds is 3. The molecule has 2 aliphatic rings. The minimum absolute atomic E-state index is 0.197. The standard InChI is InChI=1S/C11H21FN2.C2H6/c1-10(2)14-8-7-13(6-5-12)9-11(14)3-4-11;1-2/h10H,3-9H2,1-2H3;1-2H3. The summed E-state index contributed by atoms with van der Waals surface area (Å²) in [4.78, 5) is 4.90. The molecule has 0 aromatic rings. The molecule has 0 radical (unpaired) electrons. The summed E-state index contributed by atoms with van der Waals surface area (Å²) in [5.74, 6) is 0. The summed E-state index contributed by atoms with van der Waals surface area (Å²) in [5.41, 5.74) is 0.432. The van der Waals surface area contributed by atoms with Gasteiger partial charge in [-0.1, -0.05) is 13.8 Å². The lowest BCUT2D eigenvalue weighted by atomic mass is 10.1. The third-order valence-electron chi connectivity index (χ3n) is 3.64. The van der Waals surface area contributed by atoms with Crippen molar-refractivity contribution in [2.75, 3.05) is 32.9 Å². The minimum atomic E-state index is -0.197. The fourth-order valence-electron chi connectivity index (χ4n) is 2.78.